The molecule has 0 unspecified atom stereocenters. The molecule has 0 bridgehead atoms. The fraction of sp³-hybridized carbons (Fsp3) is 0.571. The van der Waals surface area contributed by atoms with Gasteiger partial charge in [0.05, 0.1) is 0 Å². The SMILES string of the molecule is CCCCOCCCNCc1cccc(F)c1F. The molecule has 0 radical (unpaired) electrons. The van der Waals surface area contributed by atoms with Gasteiger partial charge in [-0.2, -0.15) is 0 Å². The van der Waals surface area contributed by atoms with Crippen molar-refractivity contribution in [2.24, 2.45) is 0 Å². The lowest BCUT2D eigenvalue weighted by Crippen LogP contribution is -2.17. The highest BCUT2D eigenvalue weighted by Crippen LogP contribution is 2.10. The molecule has 0 saturated carbocycles. The molecule has 0 fully saturated rings. The Kier molecular flexibility index (Phi) is 7.53. The molecule has 0 heterocycles. The lowest BCUT2D eigenvalue weighted by atomic mass is 10.2. The summed E-state index contributed by atoms with van der Waals surface area (Å²) in [4.78, 5) is 0. The number of hydrogen-bond donors (Lipinski definition) is 1. The molecule has 0 saturated heterocycles. The van der Waals surface area contributed by atoms with Crippen LogP contribution in [-0.2, 0) is 11.3 Å². The first kappa shape index (κ1) is 15.1. The Hall–Kier alpha value is -1.00. The van der Waals surface area contributed by atoms with Gasteiger partial charge in [-0.05, 0) is 25.5 Å². The van der Waals surface area contributed by atoms with Gasteiger partial charge in [-0.25, -0.2) is 8.78 Å². The number of unbranched alkanes of at least 4 members (excludes halogenated alkanes) is 1. The van der Waals surface area contributed by atoms with E-state index in [0.717, 1.165) is 38.5 Å². The van der Waals surface area contributed by atoms with Gasteiger partial charge in [0.2, 0.25) is 0 Å². The van der Waals surface area contributed by atoms with E-state index in [2.05, 4.69) is 12.2 Å². The molecule has 1 aromatic carbocycles. The number of ether oxygens (including phenoxy) is 1. The summed E-state index contributed by atoms with van der Waals surface area (Å²) >= 11 is 0. The topological polar surface area (TPSA) is 21.3 Å². The van der Waals surface area contributed by atoms with Gasteiger partial charge in [0.15, 0.2) is 11.6 Å². The predicted molar refractivity (Wildman–Crippen MR) is 68.4 cm³/mol. The average Bonchev–Trinajstić information content (AvgIpc) is 2.37. The minimum atomic E-state index is -0.794. The van der Waals surface area contributed by atoms with Gasteiger partial charge in [-0.15, -0.1) is 0 Å². The number of halogens is 2. The highest BCUT2D eigenvalue weighted by atomic mass is 19.2. The van der Waals surface area contributed by atoms with Crippen LogP contribution in [0, 0.1) is 11.6 Å². The second-order valence-corrected chi connectivity index (χ2v) is 4.21. The molecule has 4 heteroatoms. The van der Waals surface area contributed by atoms with Crippen LogP contribution in [0.4, 0.5) is 8.78 Å². The van der Waals surface area contributed by atoms with Crippen LogP contribution in [0.15, 0.2) is 18.2 Å². The molecule has 1 rings (SSSR count). The Morgan fingerprint density at radius 1 is 1.17 bits per heavy atom. The van der Waals surface area contributed by atoms with E-state index in [1.165, 1.54) is 6.07 Å². The molecule has 0 aromatic heterocycles. The molecule has 0 aliphatic heterocycles. The van der Waals surface area contributed by atoms with Crippen LogP contribution < -0.4 is 5.32 Å². The zero-order chi connectivity index (χ0) is 13.2. The summed E-state index contributed by atoms with van der Waals surface area (Å²) in [6.07, 6.45) is 3.10. The minimum Gasteiger partial charge on any atom is -0.381 e. The van der Waals surface area contributed by atoms with E-state index in [1.54, 1.807) is 6.07 Å². The maximum atomic E-state index is 13.3. The van der Waals surface area contributed by atoms with Crippen molar-refractivity contribution in [2.75, 3.05) is 19.8 Å². The highest BCUT2D eigenvalue weighted by molar-refractivity contribution is 5.18. The lowest BCUT2D eigenvalue weighted by molar-refractivity contribution is 0.128. The Morgan fingerprint density at radius 2 is 1.94 bits per heavy atom. The summed E-state index contributed by atoms with van der Waals surface area (Å²) in [7, 11) is 0. The molecular weight excluding hydrogens is 236 g/mol. The van der Waals surface area contributed by atoms with E-state index >= 15 is 0 Å². The van der Waals surface area contributed by atoms with Gasteiger partial charge in [-0.3, -0.25) is 0 Å². The van der Waals surface area contributed by atoms with Crippen molar-refractivity contribution < 1.29 is 13.5 Å². The Morgan fingerprint density at radius 3 is 2.72 bits per heavy atom. The van der Waals surface area contributed by atoms with Gasteiger partial charge in [-0.1, -0.05) is 25.5 Å². The van der Waals surface area contributed by atoms with Crippen LogP contribution in [0.2, 0.25) is 0 Å². The van der Waals surface area contributed by atoms with Crippen molar-refractivity contribution in [1.29, 1.82) is 0 Å². The molecule has 0 aliphatic rings. The van der Waals surface area contributed by atoms with E-state index in [1.807, 2.05) is 0 Å². The molecule has 1 aromatic rings. The minimum absolute atomic E-state index is 0.346. The first-order valence-corrected chi connectivity index (χ1v) is 6.47. The van der Waals surface area contributed by atoms with Crippen LogP contribution >= 0.6 is 0 Å². The molecule has 2 nitrogen and oxygen atoms in total. The molecule has 1 N–H and O–H groups in total. The smallest absolute Gasteiger partial charge is 0.163 e. The monoisotopic (exact) mass is 257 g/mol. The second-order valence-electron chi connectivity index (χ2n) is 4.21. The summed E-state index contributed by atoms with van der Waals surface area (Å²) < 4.78 is 31.6. The van der Waals surface area contributed by atoms with Crippen molar-refractivity contribution in [3.63, 3.8) is 0 Å². The van der Waals surface area contributed by atoms with Gasteiger partial charge in [0, 0.05) is 25.3 Å². The Labute approximate surface area is 107 Å². The van der Waals surface area contributed by atoms with Gasteiger partial charge in [0.25, 0.3) is 0 Å². The number of benzene rings is 1. The van der Waals surface area contributed by atoms with Crippen LogP contribution in [0.5, 0.6) is 0 Å². The third-order valence-electron chi connectivity index (χ3n) is 2.63. The number of hydrogen-bond acceptors (Lipinski definition) is 2. The summed E-state index contributed by atoms with van der Waals surface area (Å²) in [6, 6.07) is 4.23. The largest absolute Gasteiger partial charge is 0.381 e. The normalized spacial score (nSPS) is 10.8. The second kappa shape index (κ2) is 9.00. The van der Waals surface area contributed by atoms with E-state index in [0.29, 0.717) is 18.7 Å². The average molecular weight is 257 g/mol. The quantitative estimate of drug-likeness (QED) is 0.686. The highest BCUT2D eigenvalue weighted by Gasteiger charge is 2.06. The summed E-state index contributed by atoms with van der Waals surface area (Å²) in [6.45, 7) is 4.72. The van der Waals surface area contributed by atoms with Crippen LogP contribution in [0.25, 0.3) is 0 Å². The van der Waals surface area contributed by atoms with E-state index in [9.17, 15) is 8.78 Å². The molecule has 102 valence electrons. The maximum Gasteiger partial charge on any atom is 0.163 e. The van der Waals surface area contributed by atoms with Crippen molar-refractivity contribution in [2.45, 2.75) is 32.7 Å². The summed E-state index contributed by atoms with van der Waals surface area (Å²) in [5, 5.41) is 3.07. The Bertz CT molecular complexity index is 345. The van der Waals surface area contributed by atoms with E-state index < -0.39 is 11.6 Å². The van der Waals surface area contributed by atoms with Crippen molar-refractivity contribution >= 4 is 0 Å². The van der Waals surface area contributed by atoms with Crippen molar-refractivity contribution in [1.82, 2.24) is 5.32 Å². The van der Waals surface area contributed by atoms with Crippen molar-refractivity contribution in [3.05, 3.63) is 35.4 Å². The first-order valence-electron chi connectivity index (χ1n) is 6.47. The molecular formula is C14H21F2NO. The lowest BCUT2D eigenvalue weighted by Gasteiger charge is -2.07. The molecule has 0 amide bonds. The molecule has 0 aliphatic carbocycles. The number of nitrogens with one attached hydrogen (secondary N) is 1. The fourth-order valence-corrected chi connectivity index (χ4v) is 1.56. The van der Waals surface area contributed by atoms with E-state index in [-0.39, 0.29) is 0 Å². The zero-order valence-electron chi connectivity index (χ0n) is 10.8. The predicted octanol–water partition coefficient (Wildman–Crippen LogP) is 3.26. The van der Waals surface area contributed by atoms with Crippen LogP contribution in [-0.4, -0.2) is 19.8 Å². The standard InChI is InChI=1S/C14H21F2NO/c1-2-3-9-18-10-5-8-17-11-12-6-4-7-13(15)14(12)16/h4,6-7,17H,2-3,5,8-11H2,1H3. The molecule has 0 atom stereocenters. The van der Waals surface area contributed by atoms with Gasteiger partial charge >= 0.3 is 0 Å². The summed E-state index contributed by atoms with van der Waals surface area (Å²) in [5.41, 5.74) is 0.363. The van der Waals surface area contributed by atoms with Crippen LogP contribution in [0.1, 0.15) is 31.7 Å². The van der Waals surface area contributed by atoms with Gasteiger partial charge < -0.3 is 10.1 Å². The molecule has 0 spiro atoms. The van der Waals surface area contributed by atoms with Crippen LogP contribution in [0.3, 0.4) is 0 Å². The first-order chi connectivity index (χ1) is 8.75. The van der Waals surface area contributed by atoms with Gasteiger partial charge in [0.1, 0.15) is 0 Å². The van der Waals surface area contributed by atoms with E-state index in [4.69, 9.17) is 4.74 Å². The zero-order valence-corrected chi connectivity index (χ0v) is 10.8. The fourth-order valence-electron chi connectivity index (χ4n) is 1.56. The summed E-state index contributed by atoms with van der Waals surface area (Å²) in [5.74, 6) is -1.55. The number of rotatable bonds is 9. The third-order valence-corrected chi connectivity index (χ3v) is 2.63. The van der Waals surface area contributed by atoms with Crippen molar-refractivity contribution in [3.8, 4) is 0 Å². The Balaban J connectivity index is 2.09. The third kappa shape index (κ3) is 5.56. The maximum absolute atomic E-state index is 13.3. The molecule has 18 heavy (non-hydrogen) atoms.